The molecular formula is C23H16N2O5. The summed E-state index contributed by atoms with van der Waals surface area (Å²) in [5.41, 5.74) is 1.14. The van der Waals surface area contributed by atoms with Gasteiger partial charge in [0.2, 0.25) is 5.82 Å². The summed E-state index contributed by atoms with van der Waals surface area (Å²) in [6.45, 7) is -0.140. The molecule has 30 heavy (non-hydrogen) atoms. The molecule has 5 rings (SSSR count). The Bertz CT molecular complexity index is 1370. The molecule has 0 aliphatic carbocycles. The quantitative estimate of drug-likeness (QED) is 0.430. The van der Waals surface area contributed by atoms with Gasteiger partial charge in [-0.05, 0) is 35.0 Å². The van der Waals surface area contributed by atoms with Gasteiger partial charge >= 0.3 is 5.97 Å². The summed E-state index contributed by atoms with van der Waals surface area (Å²) < 4.78 is 16.2. The van der Waals surface area contributed by atoms with E-state index in [1.54, 1.807) is 18.2 Å². The van der Waals surface area contributed by atoms with E-state index in [2.05, 4.69) is 10.1 Å². The highest BCUT2D eigenvalue weighted by Gasteiger charge is 2.15. The number of esters is 1. The van der Waals surface area contributed by atoms with Crippen molar-refractivity contribution in [3.63, 3.8) is 0 Å². The number of benzene rings is 3. The number of phenols is 1. The van der Waals surface area contributed by atoms with Crippen LogP contribution in [0.5, 0.6) is 5.75 Å². The predicted molar refractivity (Wildman–Crippen MR) is 109 cm³/mol. The average Bonchev–Trinajstić information content (AvgIpc) is 3.39. The van der Waals surface area contributed by atoms with Crippen LogP contribution in [-0.2, 0) is 22.6 Å². The summed E-state index contributed by atoms with van der Waals surface area (Å²) in [4.78, 5) is 16.4. The van der Waals surface area contributed by atoms with Crippen molar-refractivity contribution >= 4 is 27.7 Å². The van der Waals surface area contributed by atoms with E-state index in [0.29, 0.717) is 11.3 Å². The fourth-order valence-electron chi connectivity index (χ4n) is 3.35. The zero-order valence-corrected chi connectivity index (χ0v) is 15.7. The number of aromatic nitrogens is 2. The first kappa shape index (κ1) is 17.9. The third-order valence-corrected chi connectivity index (χ3v) is 4.76. The Hall–Kier alpha value is -4.13. The minimum atomic E-state index is -0.465. The van der Waals surface area contributed by atoms with Gasteiger partial charge < -0.3 is 18.8 Å². The first-order valence-electron chi connectivity index (χ1n) is 9.34. The van der Waals surface area contributed by atoms with Crippen LogP contribution in [0.15, 0.2) is 75.7 Å². The summed E-state index contributed by atoms with van der Waals surface area (Å²) in [5, 5.41) is 16.8. The molecule has 0 bridgehead atoms. The van der Waals surface area contributed by atoms with Crippen molar-refractivity contribution in [1.82, 2.24) is 10.1 Å². The molecule has 0 atom stereocenters. The lowest BCUT2D eigenvalue weighted by atomic mass is 10.1. The maximum absolute atomic E-state index is 12.2. The normalized spacial score (nSPS) is 11.2. The van der Waals surface area contributed by atoms with Crippen LogP contribution >= 0.6 is 0 Å². The van der Waals surface area contributed by atoms with Gasteiger partial charge in [0.15, 0.2) is 6.61 Å². The molecule has 1 N–H and O–H groups in total. The van der Waals surface area contributed by atoms with Gasteiger partial charge in [0, 0.05) is 5.39 Å². The molecule has 0 spiro atoms. The van der Waals surface area contributed by atoms with Crippen LogP contribution in [0.2, 0.25) is 0 Å². The minimum Gasteiger partial charge on any atom is -0.507 e. The number of carbonyl (C=O) groups is 1. The van der Waals surface area contributed by atoms with Gasteiger partial charge in [0.25, 0.3) is 5.89 Å². The molecule has 2 heterocycles. The monoisotopic (exact) mass is 400 g/mol. The number of furan rings is 1. The summed E-state index contributed by atoms with van der Waals surface area (Å²) in [7, 11) is 0. The number of aromatic hydroxyl groups is 1. The van der Waals surface area contributed by atoms with Gasteiger partial charge in [-0.25, -0.2) is 0 Å². The molecule has 7 nitrogen and oxygen atoms in total. The Morgan fingerprint density at radius 1 is 1.00 bits per heavy atom. The lowest BCUT2D eigenvalue weighted by Crippen LogP contribution is -2.08. The van der Waals surface area contributed by atoms with Crippen LogP contribution in [0.1, 0.15) is 11.6 Å². The van der Waals surface area contributed by atoms with E-state index in [4.69, 9.17) is 13.7 Å². The minimum absolute atomic E-state index is 0.00676. The summed E-state index contributed by atoms with van der Waals surface area (Å²) in [6.07, 6.45) is -0.00676. The Morgan fingerprint density at radius 2 is 1.83 bits per heavy atom. The topological polar surface area (TPSA) is 98.6 Å². The molecule has 3 aromatic carbocycles. The number of para-hydroxylation sites is 1. The molecule has 0 aliphatic rings. The number of hydrogen-bond donors (Lipinski definition) is 1. The van der Waals surface area contributed by atoms with Crippen LogP contribution in [0.3, 0.4) is 0 Å². The first-order valence-corrected chi connectivity index (χ1v) is 9.34. The third kappa shape index (κ3) is 3.37. The van der Waals surface area contributed by atoms with Gasteiger partial charge in [-0.15, -0.1) is 0 Å². The number of fused-ring (bicyclic) bond motifs is 3. The molecule has 0 fully saturated rings. The van der Waals surface area contributed by atoms with Crippen molar-refractivity contribution in [2.24, 2.45) is 0 Å². The van der Waals surface area contributed by atoms with Crippen LogP contribution in [0.25, 0.3) is 33.2 Å². The lowest BCUT2D eigenvalue weighted by Gasteiger charge is -1.99. The second kappa shape index (κ2) is 7.36. The Labute approximate surface area is 170 Å². The number of ether oxygens (including phenoxy) is 1. The van der Waals surface area contributed by atoms with Crippen molar-refractivity contribution in [2.75, 3.05) is 0 Å². The molecule has 0 aliphatic heterocycles. The summed E-state index contributed by atoms with van der Waals surface area (Å²) >= 11 is 0. The number of rotatable bonds is 5. The molecule has 0 saturated heterocycles. The molecule has 0 amide bonds. The SMILES string of the molecule is O=C(Cc1cc2c(ccc3ccccc32)o1)OCc1noc(-c2ccccc2O)n1. The van der Waals surface area contributed by atoms with Crippen molar-refractivity contribution in [2.45, 2.75) is 13.0 Å². The van der Waals surface area contributed by atoms with Crippen LogP contribution < -0.4 is 0 Å². The van der Waals surface area contributed by atoms with Crippen LogP contribution in [0, 0.1) is 0 Å². The van der Waals surface area contributed by atoms with E-state index in [1.165, 1.54) is 6.07 Å². The molecule has 148 valence electrons. The highest BCUT2D eigenvalue weighted by molar-refractivity contribution is 6.06. The van der Waals surface area contributed by atoms with Crippen molar-refractivity contribution in [1.29, 1.82) is 0 Å². The Kier molecular flexibility index (Phi) is 4.40. The van der Waals surface area contributed by atoms with E-state index in [9.17, 15) is 9.90 Å². The average molecular weight is 400 g/mol. The van der Waals surface area contributed by atoms with Crippen molar-refractivity contribution < 1.29 is 23.6 Å². The fourth-order valence-corrected chi connectivity index (χ4v) is 3.35. The zero-order valence-electron chi connectivity index (χ0n) is 15.7. The first-order chi connectivity index (χ1) is 14.7. The van der Waals surface area contributed by atoms with Gasteiger partial charge in [-0.1, -0.05) is 47.6 Å². The van der Waals surface area contributed by atoms with E-state index >= 15 is 0 Å². The maximum Gasteiger partial charge on any atom is 0.313 e. The smallest absolute Gasteiger partial charge is 0.313 e. The van der Waals surface area contributed by atoms with Crippen LogP contribution in [0.4, 0.5) is 0 Å². The van der Waals surface area contributed by atoms with Gasteiger partial charge in [-0.2, -0.15) is 4.98 Å². The van der Waals surface area contributed by atoms with Gasteiger partial charge in [0.1, 0.15) is 23.5 Å². The largest absolute Gasteiger partial charge is 0.507 e. The van der Waals surface area contributed by atoms with Crippen molar-refractivity contribution in [3.8, 4) is 17.2 Å². The fraction of sp³-hybridized carbons (Fsp3) is 0.0870. The van der Waals surface area contributed by atoms with Crippen molar-refractivity contribution in [3.05, 3.63) is 78.3 Å². The standard InChI is InChI=1S/C23H16N2O5/c26-19-8-4-3-7-17(19)23-24-21(25-30-23)13-28-22(27)12-15-11-18-16-6-2-1-5-14(16)9-10-20(18)29-15/h1-11,26H,12-13H2. The Balaban J connectivity index is 1.27. The van der Waals surface area contributed by atoms with Crippen LogP contribution in [-0.4, -0.2) is 21.2 Å². The van der Waals surface area contributed by atoms with E-state index in [0.717, 1.165) is 21.7 Å². The zero-order chi connectivity index (χ0) is 20.5. The summed E-state index contributed by atoms with van der Waals surface area (Å²) in [6, 6.07) is 20.4. The maximum atomic E-state index is 12.2. The second-order valence-corrected chi connectivity index (χ2v) is 6.78. The molecule has 7 heteroatoms. The molecule has 2 aromatic heterocycles. The number of carbonyl (C=O) groups excluding carboxylic acids is 1. The van der Waals surface area contributed by atoms with E-state index in [-0.39, 0.29) is 30.5 Å². The van der Waals surface area contributed by atoms with E-state index in [1.807, 2.05) is 42.5 Å². The molecular weight excluding hydrogens is 384 g/mol. The molecule has 0 radical (unpaired) electrons. The highest BCUT2D eigenvalue weighted by Crippen LogP contribution is 2.29. The predicted octanol–water partition coefficient (Wildman–Crippen LogP) is 4.63. The molecule has 0 unspecified atom stereocenters. The lowest BCUT2D eigenvalue weighted by molar-refractivity contribution is -0.144. The molecule has 5 aromatic rings. The number of hydrogen-bond acceptors (Lipinski definition) is 7. The number of nitrogens with zero attached hydrogens (tertiary/aromatic N) is 2. The highest BCUT2D eigenvalue weighted by atomic mass is 16.5. The molecule has 0 saturated carbocycles. The Morgan fingerprint density at radius 3 is 2.73 bits per heavy atom. The summed E-state index contributed by atoms with van der Waals surface area (Å²) in [5.74, 6) is 0.448. The van der Waals surface area contributed by atoms with Gasteiger partial charge in [-0.3, -0.25) is 4.79 Å². The van der Waals surface area contributed by atoms with E-state index < -0.39 is 5.97 Å². The second-order valence-electron chi connectivity index (χ2n) is 6.78. The third-order valence-electron chi connectivity index (χ3n) is 4.76. The van der Waals surface area contributed by atoms with Gasteiger partial charge in [0.05, 0.1) is 5.56 Å². The number of phenolic OH excluding ortho intramolecular Hbond substituents is 1.